The van der Waals surface area contributed by atoms with Crippen molar-refractivity contribution in [3.05, 3.63) is 23.2 Å². The van der Waals surface area contributed by atoms with Gasteiger partial charge in [-0.1, -0.05) is 22.9 Å². The molecule has 3 rings (SSSR count). The molecule has 1 amide bonds. The first-order valence-electron chi connectivity index (χ1n) is 6.64. The molecule has 0 saturated carbocycles. The van der Waals surface area contributed by atoms with E-state index in [1.54, 1.807) is 11.0 Å². The molecule has 1 aliphatic rings. The summed E-state index contributed by atoms with van der Waals surface area (Å²) in [5, 5.41) is 12.9. The first-order valence-corrected chi connectivity index (χ1v) is 7.84. The minimum absolute atomic E-state index is 0.0510. The van der Waals surface area contributed by atoms with Crippen LogP contribution in [0.3, 0.4) is 0 Å². The minimum Gasteiger partial charge on any atom is -0.310 e. The number of nitrogens with zero attached hydrogens (tertiary/aromatic N) is 3. The molecule has 5 nitrogen and oxygen atoms in total. The Morgan fingerprint density at radius 1 is 1.62 bits per heavy atom. The number of nitriles is 1. The Hall–Kier alpha value is -1.84. The van der Waals surface area contributed by atoms with Crippen molar-refractivity contribution in [2.75, 3.05) is 18.4 Å². The van der Waals surface area contributed by atoms with Crippen LogP contribution in [0.25, 0.3) is 10.2 Å². The lowest BCUT2D eigenvalue weighted by atomic mass is 10.1. The molecule has 2 heterocycles. The highest BCUT2D eigenvalue weighted by Gasteiger charge is 2.24. The van der Waals surface area contributed by atoms with Crippen LogP contribution >= 0.6 is 22.9 Å². The minimum atomic E-state index is -0.0510. The Morgan fingerprint density at radius 2 is 2.48 bits per heavy atom. The molecular formula is C14H13ClN4OS. The molecule has 0 spiro atoms. The fourth-order valence-corrected chi connectivity index (χ4v) is 3.63. The lowest BCUT2D eigenvalue weighted by Gasteiger charge is -2.08. The summed E-state index contributed by atoms with van der Waals surface area (Å²) < 4.78 is 0.953. The summed E-state index contributed by atoms with van der Waals surface area (Å²) in [6.45, 7) is 1.41. The molecule has 21 heavy (non-hydrogen) atoms. The Morgan fingerprint density at radius 3 is 3.24 bits per heavy atom. The van der Waals surface area contributed by atoms with Crippen molar-refractivity contribution in [3.8, 4) is 6.19 Å². The van der Waals surface area contributed by atoms with E-state index in [0.29, 0.717) is 23.1 Å². The zero-order chi connectivity index (χ0) is 14.8. The Bertz CT molecular complexity index is 723. The second-order valence-electron chi connectivity index (χ2n) is 5.08. The van der Waals surface area contributed by atoms with Crippen molar-refractivity contribution in [2.24, 2.45) is 5.92 Å². The zero-order valence-corrected chi connectivity index (χ0v) is 12.7. The maximum Gasteiger partial charge on any atom is 0.226 e. The van der Waals surface area contributed by atoms with Gasteiger partial charge in [0.1, 0.15) is 0 Å². The van der Waals surface area contributed by atoms with Gasteiger partial charge in [-0.3, -0.25) is 4.79 Å². The van der Waals surface area contributed by atoms with Gasteiger partial charge in [-0.25, -0.2) is 4.98 Å². The highest BCUT2D eigenvalue weighted by Crippen LogP contribution is 2.28. The number of benzene rings is 1. The van der Waals surface area contributed by atoms with Gasteiger partial charge in [0.2, 0.25) is 5.91 Å². The summed E-state index contributed by atoms with van der Waals surface area (Å²) in [4.78, 5) is 18.1. The smallest absolute Gasteiger partial charge is 0.226 e. The predicted octanol–water partition coefficient (Wildman–Crippen LogP) is 3.08. The van der Waals surface area contributed by atoms with E-state index in [0.717, 1.165) is 23.2 Å². The largest absolute Gasteiger partial charge is 0.310 e. The van der Waals surface area contributed by atoms with Gasteiger partial charge in [0, 0.05) is 24.5 Å². The average molecular weight is 321 g/mol. The molecule has 1 aromatic carbocycles. The van der Waals surface area contributed by atoms with Crippen LogP contribution in [-0.2, 0) is 4.79 Å². The monoisotopic (exact) mass is 320 g/mol. The summed E-state index contributed by atoms with van der Waals surface area (Å²) in [5.74, 6) is 0.193. The van der Waals surface area contributed by atoms with Crippen LogP contribution in [-0.4, -0.2) is 28.9 Å². The highest BCUT2D eigenvalue weighted by molar-refractivity contribution is 7.22. The van der Waals surface area contributed by atoms with Gasteiger partial charge >= 0.3 is 0 Å². The Labute approximate surface area is 131 Å². The summed E-state index contributed by atoms with van der Waals surface area (Å²) >= 11 is 7.35. The summed E-state index contributed by atoms with van der Waals surface area (Å²) in [7, 11) is 0. The molecule has 0 bridgehead atoms. The van der Waals surface area contributed by atoms with E-state index in [-0.39, 0.29) is 11.8 Å². The number of carbonyl (C=O) groups is 1. The van der Waals surface area contributed by atoms with Crippen LogP contribution in [0.15, 0.2) is 18.2 Å². The third kappa shape index (κ3) is 3.26. The van der Waals surface area contributed by atoms with E-state index in [2.05, 4.69) is 16.5 Å². The van der Waals surface area contributed by atoms with Crippen LogP contribution in [0.1, 0.15) is 12.8 Å². The van der Waals surface area contributed by atoms with E-state index in [4.69, 9.17) is 16.9 Å². The van der Waals surface area contributed by atoms with Gasteiger partial charge in [-0.2, -0.15) is 5.26 Å². The highest BCUT2D eigenvalue weighted by atomic mass is 35.5. The predicted molar refractivity (Wildman–Crippen MR) is 83.2 cm³/mol. The second-order valence-corrected chi connectivity index (χ2v) is 6.55. The first kappa shape index (κ1) is 14.1. The van der Waals surface area contributed by atoms with Crippen molar-refractivity contribution in [3.63, 3.8) is 0 Å². The SMILES string of the molecule is N#CN1CCC(CC(=O)Nc2nc3ccc(Cl)cc3s2)C1. The van der Waals surface area contributed by atoms with Crippen molar-refractivity contribution in [2.45, 2.75) is 12.8 Å². The quantitative estimate of drug-likeness (QED) is 0.882. The molecule has 0 radical (unpaired) electrons. The molecule has 108 valence electrons. The second kappa shape index (κ2) is 5.88. The molecule has 1 N–H and O–H groups in total. The van der Waals surface area contributed by atoms with E-state index >= 15 is 0 Å². The number of rotatable bonds is 3. The zero-order valence-electron chi connectivity index (χ0n) is 11.2. The first-order chi connectivity index (χ1) is 10.1. The lowest BCUT2D eigenvalue weighted by molar-refractivity contribution is -0.117. The summed E-state index contributed by atoms with van der Waals surface area (Å²) in [5.41, 5.74) is 0.830. The van der Waals surface area contributed by atoms with Crippen LogP contribution in [0.2, 0.25) is 5.02 Å². The van der Waals surface area contributed by atoms with Crippen molar-refractivity contribution in [1.29, 1.82) is 5.26 Å². The lowest BCUT2D eigenvalue weighted by Crippen LogP contribution is -2.19. The molecule has 7 heteroatoms. The number of hydrogen-bond donors (Lipinski definition) is 1. The molecule has 1 aromatic heterocycles. The average Bonchev–Trinajstić information content (AvgIpc) is 3.04. The molecule has 0 aliphatic carbocycles. The molecule has 2 aromatic rings. The number of thiazole rings is 1. The van der Waals surface area contributed by atoms with Gasteiger partial charge < -0.3 is 10.2 Å². The van der Waals surface area contributed by atoms with E-state index in [9.17, 15) is 4.79 Å². The Kier molecular flexibility index (Phi) is 3.95. The number of likely N-dealkylation sites (tertiary alicyclic amines) is 1. The van der Waals surface area contributed by atoms with E-state index in [1.165, 1.54) is 11.3 Å². The van der Waals surface area contributed by atoms with E-state index < -0.39 is 0 Å². The van der Waals surface area contributed by atoms with E-state index in [1.807, 2.05) is 12.1 Å². The number of aromatic nitrogens is 1. The number of fused-ring (bicyclic) bond motifs is 1. The van der Waals surface area contributed by atoms with Crippen LogP contribution in [0.4, 0.5) is 5.13 Å². The summed E-state index contributed by atoms with van der Waals surface area (Å²) in [6.07, 6.45) is 3.43. The van der Waals surface area contributed by atoms with Crippen LogP contribution in [0, 0.1) is 17.4 Å². The van der Waals surface area contributed by atoms with Crippen LogP contribution < -0.4 is 5.32 Å². The number of hydrogen-bond acceptors (Lipinski definition) is 5. The number of anilines is 1. The molecule has 1 unspecified atom stereocenters. The topological polar surface area (TPSA) is 69.0 Å². The van der Waals surface area contributed by atoms with Crippen LogP contribution in [0.5, 0.6) is 0 Å². The van der Waals surface area contributed by atoms with Gasteiger partial charge in [0.05, 0.1) is 10.2 Å². The fourth-order valence-electron chi connectivity index (χ4n) is 2.47. The van der Waals surface area contributed by atoms with Gasteiger partial charge in [0.15, 0.2) is 11.3 Å². The third-order valence-corrected chi connectivity index (χ3v) is 4.67. The fraction of sp³-hybridized carbons (Fsp3) is 0.357. The maximum absolute atomic E-state index is 12.0. The molecule has 1 aliphatic heterocycles. The molecular weight excluding hydrogens is 308 g/mol. The standard InChI is InChI=1S/C14H13ClN4OS/c15-10-1-2-11-12(6-10)21-14(17-11)18-13(20)5-9-3-4-19(7-9)8-16/h1-2,6,9H,3-5,7H2,(H,17,18,20). The number of carbonyl (C=O) groups excluding carboxylic acids is 1. The molecule has 1 atom stereocenters. The molecule has 1 fully saturated rings. The number of nitrogens with one attached hydrogen (secondary N) is 1. The third-order valence-electron chi connectivity index (χ3n) is 3.50. The molecule has 1 saturated heterocycles. The van der Waals surface area contributed by atoms with Gasteiger partial charge in [-0.15, -0.1) is 0 Å². The van der Waals surface area contributed by atoms with Crippen molar-refractivity contribution < 1.29 is 4.79 Å². The Balaban J connectivity index is 1.62. The van der Waals surface area contributed by atoms with Gasteiger partial charge in [-0.05, 0) is 30.5 Å². The normalized spacial score (nSPS) is 17.9. The number of halogens is 1. The number of amides is 1. The van der Waals surface area contributed by atoms with Crippen molar-refractivity contribution in [1.82, 2.24) is 9.88 Å². The van der Waals surface area contributed by atoms with Gasteiger partial charge in [0.25, 0.3) is 0 Å². The maximum atomic E-state index is 12.0. The summed E-state index contributed by atoms with van der Waals surface area (Å²) in [6, 6.07) is 5.46. The van der Waals surface area contributed by atoms with Crippen molar-refractivity contribution >= 4 is 44.2 Å².